The summed E-state index contributed by atoms with van der Waals surface area (Å²) in [6.07, 6.45) is 0. The normalized spacial score (nSPS) is 9.77. The van der Waals surface area contributed by atoms with Crippen LogP contribution in [0, 0.1) is 12.7 Å². The molecule has 4 heteroatoms. The maximum Gasteiger partial charge on any atom is 0.337 e. The molecule has 0 spiro atoms. The highest BCUT2D eigenvalue weighted by Gasteiger charge is 2.07. The van der Waals surface area contributed by atoms with E-state index < -0.39 is 18.4 Å². The summed E-state index contributed by atoms with van der Waals surface area (Å²) in [6.45, 7) is 0.966. The summed E-state index contributed by atoms with van der Waals surface area (Å²) in [4.78, 5) is 10.6. The molecule has 0 bridgehead atoms. The average Bonchev–Trinajstić information content (AvgIpc) is 2.09. The molecule has 0 heterocycles. The number of carbonyl (C=O) groups excluding carboxylic acids is 1. The lowest BCUT2D eigenvalue weighted by molar-refractivity contribution is -0.137. The summed E-state index contributed by atoms with van der Waals surface area (Å²) in [5.74, 6) is -1.64. The summed E-state index contributed by atoms with van der Waals surface area (Å²) < 4.78 is 17.5. The van der Waals surface area contributed by atoms with E-state index in [0.717, 1.165) is 5.56 Å². The smallest absolute Gasteiger partial charge is 0.337 e. The van der Waals surface area contributed by atoms with Crippen LogP contribution in [0.15, 0.2) is 18.2 Å². The van der Waals surface area contributed by atoms with Gasteiger partial charge in [-0.05, 0) is 24.6 Å². The van der Waals surface area contributed by atoms with Gasteiger partial charge in [-0.15, -0.1) is 0 Å². The zero-order valence-corrected chi connectivity index (χ0v) is 7.08. The minimum Gasteiger partial charge on any atom is -0.422 e. The van der Waals surface area contributed by atoms with Gasteiger partial charge in [-0.25, -0.2) is 9.18 Å². The van der Waals surface area contributed by atoms with Crippen molar-refractivity contribution in [1.82, 2.24) is 0 Å². The second-order valence-electron chi connectivity index (χ2n) is 2.57. The predicted octanol–water partition coefficient (Wildman–Crippen LogP) is 1.03. The van der Waals surface area contributed by atoms with Crippen molar-refractivity contribution in [1.29, 1.82) is 0 Å². The fourth-order valence-corrected chi connectivity index (χ4v) is 0.844. The minimum atomic E-state index is -0.872. The third-order valence-corrected chi connectivity index (χ3v) is 1.44. The van der Waals surface area contributed by atoms with Gasteiger partial charge in [0.2, 0.25) is 0 Å². The first-order valence-corrected chi connectivity index (χ1v) is 3.71. The van der Waals surface area contributed by atoms with E-state index in [2.05, 4.69) is 4.74 Å². The Morgan fingerprint density at radius 3 is 2.85 bits per heavy atom. The molecule has 1 aromatic carbocycles. The Morgan fingerprint density at radius 2 is 2.31 bits per heavy atom. The third kappa shape index (κ3) is 2.52. The molecular weight excluding hydrogens is 175 g/mol. The van der Waals surface area contributed by atoms with E-state index in [9.17, 15) is 9.18 Å². The molecule has 3 nitrogen and oxygen atoms in total. The molecule has 0 radical (unpaired) electrons. The maximum atomic E-state index is 13.0. The number of halogens is 1. The van der Waals surface area contributed by atoms with Crippen LogP contribution in [0.25, 0.3) is 0 Å². The Morgan fingerprint density at radius 1 is 1.62 bits per heavy atom. The molecule has 1 rings (SSSR count). The first kappa shape index (κ1) is 9.67. The van der Waals surface area contributed by atoms with Crippen molar-refractivity contribution in [2.24, 2.45) is 0 Å². The summed E-state index contributed by atoms with van der Waals surface area (Å²) >= 11 is 0. The molecular formula is C9H9FO3. The van der Waals surface area contributed by atoms with Crippen LogP contribution < -0.4 is 4.74 Å². The van der Waals surface area contributed by atoms with Gasteiger partial charge in [0.1, 0.15) is 6.61 Å². The highest BCUT2D eigenvalue weighted by Crippen LogP contribution is 2.17. The number of aliphatic hydroxyl groups is 1. The van der Waals surface area contributed by atoms with E-state index in [0.29, 0.717) is 0 Å². The fourth-order valence-electron chi connectivity index (χ4n) is 0.844. The molecule has 70 valence electrons. The topological polar surface area (TPSA) is 46.5 Å². The number of hydrogen-bond donors (Lipinski definition) is 1. The highest BCUT2D eigenvalue weighted by atomic mass is 19.1. The molecule has 0 saturated heterocycles. The standard InChI is InChI=1S/C9H9FO3/c1-6-2-3-8(7(10)4-6)13-9(12)5-11/h2-4,11H,5H2,1H3. The van der Waals surface area contributed by atoms with E-state index >= 15 is 0 Å². The van der Waals surface area contributed by atoms with Gasteiger partial charge >= 0.3 is 5.97 Å². The quantitative estimate of drug-likeness (QED) is 0.551. The number of carbonyl (C=O) groups is 1. The van der Waals surface area contributed by atoms with Crippen molar-refractivity contribution in [3.8, 4) is 5.75 Å². The van der Waals surface area contributed by atoms with Crippen LogP contribution in [0.2, 0.25) is 0 Å². The van der Waals surface area contributed by atoms with Crippen LogP contribution in [-0.2, 0) is 4.79 Å². The molecule has 1 aromatic rings. The van der Waals surface area contributed by atoms with Crippen LogP contribution in [0.4, 0.5) is 4.39 Å². The molecule has 0 aliphatic carbocycles. The monoisotopic (exact) mass is 184 g/mol. The molecule has 0 unspecified atom stereocenters. The fraction of sp³-hybridized carbons (Fsp3) is 0.222. The average molecular weight is 184 g/mol. The zero-order valence-electron chi connectivity index (χ0n) is 7.08. The van der Waals surface area contributed by atoms with Crippen molar-refractivity contribution >= 4 is 5.97 Å². The van der Waals surface area contributed by atoms with E-state index in [1.54, 1.807) is 13.0 Å². The van der Waals surface area contributed by atoms with Gasteiger partial charge in [0.25, 0.3) is 0 Å². The molecule has 0 aliphatic heterocycles. The predicted molar refractivity (Wildman–Crippen MR) is 43.9 cm³/mol. The molecule has 13 heavy (non-hydrogen) atoms. The minimum absolute atomic E-state index is 0.162. The Bertz CT molecular complexity index is 323. The summed E-state index contributed by atoms with van der Waals surface area (Å²) in [7, 11) is 0. The Hall–Kier alpha value is -1.42. The number of benzene rings is 1. The summed E-state index contributed by atoms with van der Waals surface area (Å²) in [5.41, 5.74) is 0.737. The van der Waals surface area contributed by atoms with Gasteiger partial charge in [-0.3, -0.25) is 0 Å². The van der Waals surface area contributed by atoms with Gasteiger partial charge in [0, 0.05) is 0 Å². The number of rotatable bonds is 2. The maximum absolute atomic E-state index is 13.0. The van der Waals surface area contributed by atoms with Gasteiger partial charge in [0.15, 0.2) is 11.6 Å². The summed E-state index contributed by atoms with van der Waals surface area (Å²) in [6, 6.07) is 4.21. The lowest BCUT2D eigenvalue weighted by Gasteiger charge is -2.03. The van der Waals surface area contributed by atoms with E-state index in [1.165, 1.54) is 12.1 Å². The molecule has 0 atom stereocenters. The second kappa shape index (κ2) is 4.00. The Balaban J connectivity index is 2.83. The van der Waals surface area contributed by atoms with Crippen LogP contribution in [0.1, 0.15) is 5.56 Å². The van der Waals surface area contributed by atoms with Crippen LogP contribution >= 0.6 is 0 Å². The van der Waals surface area contributed by atoms with Gasteiger partial charge in [-0.1, -0.05) is 6.07 Å². The first-order chi connectivity index (χ1) is 6.13. The van der Waals surface area contributed by atoms with Gasteiger partial charge in [0.05, 0.1) is 0 Å². The SMILES string of the molecule is Cc1ccc(OC(=O)CO)c(F)c1. The van der Waals surface area contributed by atoms with E-state index in [-0.39, 0.29) is 5.75 Å². The number of ether oxygens (including phenoxy) is 1. The Kier molecular flexibility index (Phi) is 2.97. The highest BCUT2D eigenvalue weighted by molar-refractivity contribution is 5.73. The molecule has 1 N–H and O–H groups in total. The lowest BCUT2D eigenvalue weighted by Crippen LogP contribution is -2.12. The summed E-state index contributed by atoms with van der Waals surface area (Å²) in [5, 5.41) is 8.34. The van der Waals surface area contributed by atoms with Gasteiger partial charge < -0.3 is 9.84 Å². The first-order valence-electron chi connectivity index (χ1n) is 3.71. The van der Waals surface area contributed by atoms with E-state index in [4.69, 9.17) is 5.11 Å². The molecule has 0 saturated carbocycles. The zero-order chi connectivity index (χ0) is 9.84. The Labute approximate surface area is 74.8 Å². The third-order valence-electron chi connectivity index (χ3n) is 1.44. The molecule has 0 aromatic heterocycles. The van der Waals surface area contributed by atoms with E-state index in [1.807, 2.05) is 0 Å². The van der Waals surface area contributed by atoms with Crippen molar-refractivity contribution < 1.29 is 19.0 Å². The van der Waals surface area contributed by atoms with Crippen molar-refractivity contribution in [2.45, 2.75) is 6.92 Å². The number of aliphatic hydroxyl groups excluding tert-OH is 1. The van der Waals surface area contributed by atoms with Crippen molar-refractivity contribution in [3.63, 3.8) is 0 Å². The molecule has 0 fully saturated rings. The van der Waals surface area contributed by atoms with Crippen LogP contribution in [0.5, 0.6) is 5.75 Å². The van der Waals surface area contributed by atoms with Crippen LogP contribution in [0.3, 0.4) is 0 Å². The molecule has 0 aliphatic rings. The number of hydrogen-bond acceptors (Lipinski definition) is 3. The number of aryl methyl sites for hydroxylation is 1. The van der Waals surface area contributed by atoms with Crippen LogP contribution in [-0.4, -0.2) is 17.7 Å². The molecule has 0 amide bonds. The van der Waals surface area contributed by atoms with Crippen molar-refractivity contribution in [3.05, 3.63) is 29.6 Å². The second-order valence-corrected chi connectivity index (χ2v) is 2.57. The lowest BCUT2D eigenvalue weighted by atomic mass is 10.2. The number of esters is 1. The van der Waals surface area contributed by atoms with Gasteiger partial charge in [-0.2, -0.15) is 0 Å². The largest absolute Gasteiger partial charge is 0.422 e. The van der Waals surface area contributed by atoms with Crippen molar-refractivity contribution in [2.75, 3.05) is 6.61 Å².